The first kappa shape index (κ1) is 21.3. The molecule has 6 nitrogen and oxygen atoms in total. The second-order valence-corrected chi connectivity index (χ2v) is 9.16. The third-order valence-corrected chi connectivity index (χ3v) is 7.13. The molecule has 6 heteroatoms. The lowest BCUT2D eigenvalue weighted by Gasteiger charge is -2.35. The number of benzene rings is 2. The highest BCUT2D eigenvalue weighted by Crippen LogP contribution is 2.33. The molecule has 5 rings (SSSR count). The highest BCUT2D eigenvalue weighted by atomic mass is 16.5. The normalized spacial score (nSPS) is 21.2. The monoisotopic (exact) mass is 434 g/mol. The zero-order chi connectivity index (χ0) is 21.9. The lowest BCUT2D eigenvalue weighted by molar-refractivity contribution is 0.0933. The first-order valence-electron chi connectivity index (χ1n) is 12.0. The lowest BCUT2D eigenvalue weighted by atomic mass is 9.84. The van der Waals surface area contributed by atoms with Gasteiger partial charge in [0.15, 0.2) is 0 Å². The second kappa shape index (κ2) is 9.51. The molecule has 3 aliphatic rings. The van der Waals surface area contributed by atoms with E-state index >= 15 is 0 Å². The van der Waals surface area contributed by atoms with Crippen molar-refractivity contribution < 1.29 is 9.53 Å². The molecule has 2 heterocycles. The summed E-state index contributed by atoms with van der Waals surface area (Å²) in [6, 6.07) is 12.8. The molecule has 1 amide bonds. The number of hydrogen-bond donors (Lipinski definition) is 2. The van der Waals surface area contributed by atoms with E-state index in [-0.39, 0.29) is 11.9 Å². The van der Waals surface area contributed by atoms with Crippen molar-refractivity contribution in [3.8, 4) is 0 Å². The van der Waals surface area contributed by atoms with Gasteiger partial charge in [0.25, 0.3) is 5.91 Å². The van der Waals surface area contributed by atoms with Gasteiger partial charge in [-0.3, -0.25) is 4.79 Å². The van der Waals surface area contributed by atoms with Crippen LogP contribution in [0.15, 0.2) is 36.4 Å². The van der Waals surface area contributed by atoms with Gasteiger partial charge in [-0.05, 0) is 73.2 Å². The van der Waals surface area contributed by atoms with E-state index in [9.17, 15) is 4.79 Å². The number of carbonyl (C=O) groups excluding carboxylic acids is 1. The van der Waals surface area contributed by atoms with Crippen LogP contribution in [0.25, 0.3) is 0 Å². The molecule has 1 aliphatic carbocycles. The zero-order valence-electron chi connectivity index (χ0n) is 19.0. The average molecular weight is 435 g/mol. The molecule has 1 atom stereocenters. The van der Waals surface area contributed by atoms with Gasteiger partial charge < -0.3 is 25.2 Å². The number of piperazine rings is 1. The maximum Gasteiger partial charge on any atom is 0.251 e. The third-order valence-electron chi connectivity index (χ3n) is 7.13. The highest BCUT2D eigenvalue weighted by molar-refractivity contribution is 5.94. The summed E-state index contributed by atoms with van der Waals surface area (Å²) in [6.45, 7) is 9.71. The molecule has 0 bridgehead atoms. The number of ether oxygens (including phenoxy) is 1. The van der Waals surface area contributed by atoms with Gasteiger partial charge in [-0.2, -0.15) is 0 Å². The molecule has 0 aromatic heterocycles. The number of amides is 1. The third kappa shape index (κ3) is 4.48. The minimum atomic E-state index is 0.0309. The Labute approximate surface area is 190 Å². The van der Waals surface area contributed by atoms with Crippen LogP contribution in [0.1, 0.15) is 33.5 Å². The van der Waals surface area contributed by atoms with E-state index in [4.69, 9.17) is 4.74 Å². The molecule has 32 heavy (non-hydrogen) atoms. The molecule has 0 radical (unpaired) electrons. The van der Waals surface area contributed by atoms with Gasteiger partial charge in [0.05, 0.1) is 13.2 Å². The standard InChI is InChI=1S/C26H34N4O2/c1-19-2-9-25(30-12-10-27-11-13-30)24-18-21(5-8-23(19)24)28-26(31)20-3-6-22(7-4-20)29-14-16-32-17-15-29/h2-4,6-7,9,21,27H,5,8,10-18H2,1H3,(H,28,31). The van der Waals surface area contributed by atoms with Crippen molar-refractivity contribution in [3.05, 3.63) is 58.7 Å². The highest BCUT2D eigenvalue weighted by Gasteiger charge is 2.26. The molecular weight excluding hydrogens is 400 g/mol. The van der Waals surface area contributed by atoms with E-state index in [1.807, 2.05) is 12.1 Å². The summed E-state index contributed by atoms with van der Waals surface area (Å²) in [4.78, 5) is 17.8. The van der Waals surface area contributed by atoms with Crippen molar-refractivity contribution in [1.29, 1.82) is 0 Å². The fourth-order valence-corrected chi connectivity index (χ4v) is 5.28. The van der Waals surface area contributed by atoms with Crippen molar-refractivity contribution in [2.45, 2.75) is 32.2 Å². The van der Waals surface area contributed by atoms with Crippen molar-refractivity contribution in [2.75, 3.05) is 62.3 Å². The largest absolute Gasteiger partial charge is 0.378 e. The topological polar surface area (TPSA) is 56.8 Å². The number of nitrogens with one attached hydrogen (secondary N) is 2. The van der Waals surface area contributed by atoms with E-state index in [1.54, 1.807) is 0 Å². The van der Waals surface area contributed by atoms with Crippen LogP contribution in [0.2, 0.25) is 0 Å². The van der Waals surface area contributed by atoms with Gasteiger partial charge in [0.1, 0.15) is 0 Å². The molecule has 2 fully saturated rings. The minimum absolute atomic E-state index is 0.0309. The fourth-order valence-electron chi connectivity index (χ4n) is 5.28. The zero-order valence-corrected chi connectivity index (χ0v) is 19.0. The van der Waals surface area contributed by atoms with Crippen LogP contribution in [-0.2, 0) is 17.6 Å². The van der Waals surface area contributed by atoms with Crippen LogP contribution in [-0.4, -0.2) is 64.4 Å². The van der Waals surface area contributed by atoms with E-state index in [0.29, 0.717) is 0 Å². The maximum absolute atomic E-state index is 13.0. The molecule has 0 saturated carbocycles. The second-order valence-electron chi connectivity index (χ2n) is 9.16. The summed E-state index contributed by atoms with van der Waals surface area (Å²) < 4.78 is 5.44. The number of aryl methyl sites for hydroxylation is 1. The Morgan fingerprint density at radius 1 is 0.969 bits per heavy atom. The van der Waals surface area contributed by atoms with E-state index in [2.05, 4.69) is 51.6 Å². The van der Waals surface area contributed by atoms with Crippen LogP contribution < -0.4 is 20.4 Å². The molecular formula is C26H34N4O2. The number of carbonyl (C=O) groups is 1. The first-order valence-corrected chi connectivity index (χ1v) is 12.0. The van der Waals surface area contributed by atoms with Crippen LogP contribution in [0.4, 0.5) is 11.4 Å². The van der Waals surface area contributed by atoms with E-state index < -0.39 is 0 Å². The van der Waals surface area contributed by atoms with Crippen molar-refractivity contribution >= 4 is 17.3 Å². The van der Waals surface area contributed by atoms with Crippen LogP contribution >= 0.6 is 0 Å². The Hall–Kier alpha value is -2.57. The number of rotatable bonds is 4. The van der Waals surface area contributed by atoms with Crippen molar-refractivity contribution in [2.24, 2.45) is 0 Å². The number of fused-ring (bicyclic) bond motifs is 1. The smallest absolute Gasteiger partial charge is 0.251 e. The minimum Gasteiger partial charge on any atom is -0.378 e. The summed E-state index contributed by atoms with van der Waals surface area (Å²) in [5.74, 6) is 0.0309. The van der Waals surface area contributed by atoms with E-state index in [0.717, 1.165) is 83.0 Å². The maximum atomic E-state index is 13.0. The number of nitrogens with zero attached hydrogens (tertiary/aromatic N) is 2. The SMILES string of the molecule is Cc1ccc(N2CCNCC2)c2c1CCC(NC(=O)c1ccc(N3CCOCC3)cc1)C2. The number of hydrogen-bond acceptors (Lipinski definition) is 5. The summed E-state index contributed by atoms with van der Waals surface area (Å²) in [5, 5.41) is 6.77. The van der Waals surface area contributed by atoms with Crippen molar-refractivity contribution in [1.82, 2.24) is 10.6 Å². The summed E-state index contributed by atoms with van der Waals surface area (Å²) in [5.41, 5.74) is 7.56. The molecule has 2 aromatic rings. The predicted molar refractivity (Wildman–Crippen MR) is 129 cm³/mol. The molecule has 1 unspecified atom stereocenters. The molecule has 2 saturated heterocycles. The number of morpholine rings is 1. The molecule has 170 valence electrons. The molecule has 0 spiro atoms. The van der Waals surface area contributed by atoms with Gasteiger partial charge in [0, 0.05) is 62.2 Å². The van der Waals surface area contributed by atoms with Gasteiger partial charge in [-0.15, -0.1) is 0 Å². The Kier molecular flexibility index (Phi) is 6.32. The van der Waals surface area contributed by atoms with Gasteiger partial charge in [-0.25, -0.2) is 0 Å². The molecule has 2 aromatic carbocycles. The van der Waals surface area contributed by atoms with Gasteiger partial charge >= 0.3 is 0 Å². The summed E-state index contributed by atoms with van der Waals surface area (Å²) in [6.07, 6.45) is 2.94. The fraction of sp³-hybridized carbons (Fsp3) is 0.500. The Balaban J connectivity index is 1.27. The van der Waals surface area contributed by atoms with Gasteiger partial charge in [-0.1, -0.05) is 6.07 Å². The summed E-state index contributed by atoms with van der Waals surface area (Å²) >= 11 is 0. The molecule has 2 aliphatic heterocycles. The Morgan fingerprint density at radius 3 is 2.47 bits per heavy atom. The predicted octanol–water partition coefficient (Wildman–Crippen LogP) is 2.53. The van der Waals surface area contributed by atoms with Crippen molar-refractivity contribution in [3.63, 3.8) is 0 Å². The van der Waals surface area contributed by atoms with Gasteiger partial charge in [0.2, 0.25) is 0 Å². The van der Waals surface area contributed by atoms with Crippen LogP contribution in [0, 0.1) is 6.92 Å². The number of anilines is 2. The van der Waals surface area contributed by atoms with Crippen LogP contribution in [0.5, 0.6) is 0 Å². The quantitative estimate of drug-likeness (QED) is 0.775. The Morgan fingerprint density at radius 2 is 1.72 bits per heavy atom. The molecule has 2 N–H and O–H groups in total. The summed E-state index contributed by atoms with van der Waals surface area (Å²) in [7, 11) is 0. The lowest BCUT2D eigenvalue weighted by Crippen LogP contribution is -2.45. The Bertz CT molecular complexity index is 947. The first-order chi connectivity index (χ1) is 15.7. The van der Waals surface area contributed by atoms with Crippen LogP contribution in [0.3, 0.4) is 0 Å². The average Bonchev–Trinajstić information content (AvgIpc) is 2.85. The van der Waals surface area contributed by atoms with E-state index in [1.165, 1.54) is 22.4 Å².